The Bertz CT molecular complexity index is 353. The second-order valence-corrected chi connectivity index (χ2v) is 5.06. The topological polar surface area (TPSA) is 92.4 Å². The van der Waals surface area contributed by atoms with E-state index in [0.29, 0.717) is 0 Å². The van der Waals surface area contributed by atoms with Crippen LogP contribution in [-0.2, 0) is 9.59 Å². The Morgan fingerprint density at radius 2 is 1.88 bits per heavy atom. The molecule has 5 heteroatoms. The first-order valence-corrected chi connectivity index (χ1v) is 5.30. The first-order chi connectivity index (χ1) is 7.56. The van der Waals surface area contributed by atoms with Crippen LogP contribution in [0, 0.1) is 17.8 Å². The predicted octanol–water partition coefficient (Wildman–Crippen LogP) is 0.343. The number of nitrogens with two attached hydrogens (primary N) is 1. The standard InChI is InChI=1S/C12H20N2O3/c1-6-7-8(13)9(15)14-12(4,5)11(2,3)10(16)17/h1,8H,7,13H2,2-5H3,(H,14,15)(H,16,17). The summed E-state index contributed by atoms with van der Waals surface area (Å²) in [6.45, 7) is 6.37. The zero-order valence-corrected chi connectivity index (χ0v) is 10.7. The van der Waals surface area contributed by atoms with Crippen molar-refractivity contribution >= 4 is 11.9 Å². The number of nitrogens with one attached hydrogen (secondary N) is 1. The molecule has 0 saturated carbocycles. The van der Waals surface area contributed by atoms with Gasteiger partial charge in [-0.25, -0.2) is 0 Å². The molecular weight excluding hydrogens is 220 g/mol. The van der Waals surface area contributed by atoms with Crippen LogP contribution >= 0.6 is 0 Å². The minimum atomic E-state index is -1.11. The van der Waals surface area contributed by atoms with E-state index in [2.05, 4.69) is 11.2 Å². The lowest BCUT2D eigenvalue weighted by Crippen LogP contribution is -2.59. The van der Waals surface area contributed by atoms with E-state index in [1.807, 2.05) is 0 Å². The SMILES string of the molecule is C#CCC(N)C(=O)NC(C)(C)C(C)(C)C(=O)O. The van der Waals surface area contributed by atoms with E-state index in [1.54, 1.807) is 27.7 Å². The monoisotopic (exact) mass is 240 g/mol. The summed E-state index contributed by atoms with van der Waals surface area (Å²) >= 11 is 0. The van der Waals surface area contributed by atoms with Gasteiger partial charge in [0, 0.05) is 6.42 Å². The van der Waals surface area contributed by atoms with E-state index < -0.39 is 28.9 Å². The molecule has 0 aliphatic carbocycles. The maximum Gasteiger partial charge on any atom is 0.311 e. The normalized spacial score (nSPS) is 13.6. The third kappa shape index (κ3) is 3.46. The maximum atomic E-state index is 11.7. The molecule has 0 aliphatic rings. The van der Waals surface area contributed by atoms with E-state index in [4.69, 9.17) is 17.3 Å². The van der Waals surface area contributed by atoms with Gasteiger partial charge in [0.05, 0.1) is 17.0 Å². The van der Waals surface area contributed by atoms with Crippen LogP contribution in [0.25, 0.3) is 0 Å². The lowest BCUT2D eigenvalue weighted by atomic mass is 9.74. The van der Waals surface area contributed by atoms with Crippen LogP contribution in [0.15, 0.2) is 0 Å². The number of carboxylic acids is 1. The van der Waals surface area contributed by atoms with E-state index in [1.165, 1.54) is 0 Å². The Balaban J connectivity index is 4.83. The molecule has 96 valence electrons. The summed E-state index contributed by atoms with van der Waals surface area (Å²) in [5.41, 5.74) is 3.51. The van der Waals surface area contributed by atoms with Crippen molar-refractivity contribution in [1.29, 1.82) is 0 Å². The number of hydrogen-bond donors (Lipinski definition) is 3. The van der Waals surface area contributed by atoms with Crippen LogP contribution < -0.4 is 11.1 Å². The van der Waals surface area contributed by atoms with E-state index >= 15 is 0 Å². The van der Waals surface area contributed by atoms with Crippen LogP contribution in [0.1, 0.15) is 34.1 Å². The molecule has 0 bridgehead atoms. The van der Waals surface area contributed by atoms with Gasteiger partial charge >= 0.3 is 5.97 Å². The van der Waals surface area contributed by atoms with Gasteiger partial charge in [0.2, 0.25) is 5.91 Å². The van der Waals surface area contributed by atoms with Crippen molar-refractivity contribution in [2.24, 2.45) is 11.1 Å². The quantitative estimate of drug-likeness (QED) is 0.604. The van der Waals surface area contributed by atoms with Crippen molar-refractivity contribution in [3.05, 3.63) is 0 Å². The Labute approximate surface area is 102 Å². The van der Waals surface area contributed by atoms with Gasteiger partial charge in [0.1, 0.15) is 0 Å². The molecular formula is C12H20N2O3. The average molecular weight is 240 g/mol. The Kier molecular flexibility index (Phi) is 4.72. The van der Waals surface area contributed by atoms with Gasteiger partial charge in [-0.05, 0) is 27.7 Å². The second kappa shape index (κ2) is 5.19. The van der Waals surface area contributed by atoms with Crippen molar-refractivity contribution in [3.8, 4) is 12.3 Å². The molecule has 0 aromatic carbocycles. The summed E-state index contributed by atoms with van der Waals surface area (Å²) < 4.78 is 0. The van der Waals surface area contributed by atoms with Gasteiger partial charge < -0.3 is 16.2 Å². The van der Waals surface area contributed by atoms with Crippen LogP contribution in [0.5, 0.6) is 0 Å². The van der Waals surface area contributed by atoms with Crippen molar-refractivity contribution in [3.63, 3.8) is 0 Å². The summed E-state index contributed by atoms with van der Waals surface area (Å²) in [4.78, 5) is 22.8. The fourth-order valence-electron chi connectivity index (χ4n) is 1.04. The van der Waals surface area contributed by atoms with Gasteiger partial charge in [0.15, 0.2) is 0 Å². The highest BCUT2D eigenvalue weighted by atomic mass is 16.4. The molecule has 0 heterocycles. The third-order valence-corrected chi connectivity index (χ3v) is 3.21. The number of aliphatic carboxylic acids is 1. The fraction of sp³-hybridized carbons (Fsp3) is 0.667. The van der Waals surface area contributed by atoms with Gasteiger partial charge in [0.25, 0.3) is 0 Å². The van der Waals surface area contributed by atoms with Gasteiger partial charge in [-0.2, -0.15) is 0 Å². The minimum absolute atomic E-state index is 0.120. The lowest BCUT2D eigenvalue weighted by Gasteiger charge is -2.39. The summed E-state index contributed by atoms with van der Waals surface area (Å²) in [7, 11) is 0. The summed E-state index contributed by atoms with van der Waals surface area (Å²) in [6.07, 6.45) is 5.18. The highest BCUT2D eigenvalue weighted by molar-refractivity contribution is 5.84. The molecule has 0 rings (SSSR count). The summed E-state index contributed by atoms with van der Waals surface area (Å²) in [5.74, 6) is 0.859. The van der Waals surface area contributed by atoms with Crippen LogP contribution in [-0.4, -0.2) is 28.6 Å². The highest BCUT2D eigenvalue weighted by Gasteiger charge is 2.44. The Morgan fingerprint density at radius 3 is 2.24 bits per heavy atom. The molecule has 0 radical (unpaired) electrons. The molecule has 0 aromatic heterocycles. The highest BCUT2D eigenvalue weighted by Crippen LogP contribution is 2.30. The Morgan fingerprint density at radius 1 is 1.41 bits per heavy atom. The predicted molar refractivity (Wildman–Crippen MR) is 65.1 cm³/mol. The molecule has 0 aromatic rings. The number of carboxylic acid groups (broad SMARTS) is 1. The zero-order chi connectivity index (χ0) is 13.9. The van der Waals surface area contributed by atoms with Gasteiger partial charge in [-0.15, -0.1) is 12.3 Å². The smallest absolute Gasteiger partial charge is 0.311 e. The maximum absolute atomic E-state index is 11.7. The number of carbonyl (C=O) groups is 2. The van der Waals surface area contributed by atoms with Crippen LogP contribution in [0.4, 0.5) is 0 Å². The molecule has 1 amide bonds. The van der Waals surface area contributed by atoms with Gasteiger partial charge in [-0.1, -0.05) is 0 Å². The van der Waals surface area contributed by atoms with Crippen LogP contribution in [0.3, 0.4) is 0 Å². The third-order valence-electron chi connectivity index (χ3n) is 3.21. The van der Waals surface area contributed by atoms with Crippen molar-refractivity contribution < 1.29 is 14.7 Å². The average Bonchev–Trinajstić information content (AvgIpc) is 2.16. The zero-order valence-electron chi connectivity index (χ0n) is 10.7. The first-order valence-electron chi connectivity index (χ1n) is 5.30. The lowest BCUT2D eigenvalue weighted by molar-refractivity contribution is -0.151. The molecule has 0 saturated heterocycles. The molecule has 4 N–H and O–H groups in total. The molecule has 17 heavy (non-hydrogen) atoms. The second-order valence-electron chi connectivity index (χ2n) is 5.06. The van der Waals surface area contributed by atoms with Crippen LogP contribution in [0.2, 0.25) is 0 Å². The van der Waals surface area contributed by atoms with Gasteiger partial charge in [-0.3, -0.25) is 9.59 Å². The van der Waals surface area contributed by atoms with Crippen molar-refractivity contribution in [2.75, 3.05) is 0 Å². The Hall–Kier alpha value is -1.54. The molecule has 0 aliphatic heterocycles. The first kappa shape index (κ1) is 15.5. The number of carbonyl (C=O) groups excluding carboxylic acids is 1. The number of terminal acetylenes is 1. The molecule has 1 unspecified atom stereocenters. The molecule has 5 nitrogen and oxygen atoms in total. The van der Waals surface area contributed by atoms with Crippen molar-refractivity contribution in [1.82, 2.24) is 5.32 Å². The molecule has 0 spiro atoms. The summed E-state index contributed by atoms with van der Waals surface area (Å²) in [6, 6.07) is -0.816. The number of rotatable bonds is 5. The number of hydrogen-bond acceptors (Lipinski definition) is 3. The van der Waals surface area contributed by atoms with E-state index in [0.717, 1.165) is 0 Å². The molecule has 0 fully saturated rings. The summed E-state index contributed by atoms with van der Waals surface area (Å²) in [5, 5.41) is 11.7. The fourth-order valence-corrected chi connectivity index (χ4v) is 1.04. The van der Waals surface area contributed by atoms with E-state index in [9.17, 15) is 9.59 Å². The van der Waals surface area contributed by atoms with E-state index in [-0.39, 0.29) is 6.42 Å². The largest absolute Gasteiger partial charge is 0.481 e. The molecule has 1 atom stereocenters. The minimum Gasteiger partial charge on any atom is -0.481 e. The number of amides is 1. The van der Waals surface area contributed by atoms with Crippen molar-refractivity contribution in [2.45, 2.75) is 45.7 Å².